The van der Waals surface area contributed by atoms with E-state index in [-0.39, 0.29) is 17.9 Å². The Morgan fingerprint density at radius 2 is 1.79 bits per heavy atom. The molecular weight excluding hydrogens is 380 g/mol. The molecule has 0 aromatic heterocycles. The van der Waals surface area contributed by atoms with Crippen molar-refractivity contribution in [1.29, 1.82) is 0 Å². The monoisotopic (exact) mass is 406 g/mol. The average Bonchev–Trinajstić information content (AvgIpc) is 3.21. The van der Waals surface area contributed by atoms with E-state index in [9.17, 15) is 14.4 Å². The molecule has 1 saturated heterocycles. The van der Waals surface area contributed by atoms with Crippen molar-refractivity contribution in [2.75, 3.05) is 13.1 Å². The Bertz CT molecular complexity index is 716. The molecule has 0 spiro atoms. The van der Waals surface area contributed by atoms with E-state index in [0.29, 0.717) is 30.1 Å². The number of hydrogen-bond donors (Lipinski definition) is 1. The minimum atomic E-state index is -0.824. The summed E-state index contributed by atoms with van der Waals surface area (Å²) in [5, 5.41) is 3.52. The van der Waals surface area contributed by atoms with Crippen LogP contribution in [0.2, 0.25) is 5.02 Å². The number of esters is 1. The van der Waals surface area contributed by atoms with Crippen molar-refractivity contribution in [3.05, 3.63) is 34.9 Å². The lowest BCUT2D eigenvalue weighted by Gasteiger charge is -2.32. The molecule has 0 bridgehead atoms. The van der Waals surface area contributed by atoms with Gasteiger partial charge < -0.3 is 15.0 Å². The fourth-order valence-corrected chi connectivity index (χ4v) is 3.97. The molecule has 1 N–H and O–H groups in total. The Morgan fingerprint density at radius 1 is 1.11 bits per heavy atom. The molecule has 1 aliphatic heterocycles. The Labute approximate surface area is 170 Å². The molecule has 0 unspecified atom stereocenters. The molecule has 152 valence electrons. The van der Waals surface area contributed by atoms with Crippen molar-refractivity contribution in [2.45, 2.75) is 57.6 Å². The fraction of sp³-hybridized carbons (Fsp3) is 0.571. The van der Waals surface area contributed by atoms with Crippen LogP contribution in [0.15, 0.2) is 24.3 Å². The lowest BCUT2D eigenvalue weighted by molar-refractivity contribution is -0.160. The highest BCUT2D eigenvalue weighted by atomic mass is 35.5. The van der Waals surface area contributed by atoms with Crippen LogP contribution in [0.25, 0.3) is 0 Å². The largest absolute Gasteiger partial charge is 0.452 e. The van der Waals surface area contributed by atoms with Crippen LogP contribution in [0.5, 0.6) is 0 Å². The van der Waals surface area contributed by atoms with Gasteiger partial charge in [0.1, 0.15) is 0 Å². The predicted octanol–water partition coefficient (Wildman–Crippen LogP) is 3.18. The summed E-state index contributed by atoms with van der Waals surface area (Å²) < 4.78 is 5.41. The highest BCUT2D eigenvalue weighted by Crippen LogP contribution is 2.22. The molecule has 2 fully saturated rings. The van der Waals surface area contributed by atoms with E-state index in [1.807, 2.05) is 0 Å². The van der Waals surface area contributed by atoms with Crippen LogP contribution in [0.4, 0.5) is 0 Å². The second-order valence-corrected chi connectivity index (χ2v) is 8.10. The van der Waals surface area contributed by atoms with Crippen LogP contribution in [0.3, 0.4) is 0 Å². The molecule has 6 nitrogen and oxygen atoms in total. The molecule has 2 aliphatic rings. The van der Waals surface area contributed by atoms with Gasteiger partial charge in [0.05, 0.1) is 5.92 Å². The normalized spacial score (nSPS) is 21.2. The molecule has 1 aromatic rings. The first-order valence-electron chi connectivity index (χ1n) is 9.99. The molecule has 1 aromatic carbocycles. The smallest absolute Gasteiger partial charge is 0.311 e. The van der Waals surface area contributed by atoms with Gasteiger partial charge in [0.2, 0.25) is 0 Å². The number of carbonyl (C=O) groups is 3. The average molecular weight is 407 g/mol. The molecule has 1 saturated carbocycles. The van der Waals surface area contributed by atoms with Gasteiger partial charge in [-0.2, -0.15) is 0 Å². The van der Waals surface area contributed by atoms with E-state index in [4.69, 9.17) is 16.3 Å². The summed E-state index contributed by atoms with van der Waals surface area (Å²) in [5.41, 5.74) is 0.544. The fourth-order valence-electron chi connectivity index (χ4n) is 3.84. The van der Waals surface area contributed by atoms with Gasteiger partial charge in [-0.25, -0.2) is 0 Å². The summed E-state index contributed by atoms with van der Waals surface area (Å²) in [4.78, 5) is 39.1. The van der Waals surface area contributed by atoms with E-state index < -0.39 is 18.0 Å². The van der Waals surface area contributed by atoms with Gasteiger partial charge in [0.15, 0.2) is 6.10 Å². The van der Waals surface area contributed by atoms with Crippen molar-refractivity contribution < 1.29 is 19.1 Å². The number of rotatable bonds is 5. The number of ether oxygens (including phenoxy) is 1. The third kappa shape index (κ3) is 5.25. The van der Waals surface area contributed by atoms with Crippen molar-refractivity contribution in [3.8, 4) is 0 Å². The molecule has 3 rings (SSSR count). The first-order chi connectivity index (χ1) is 13.4. The maximum Gasteiger partial charge on any atom is 0.311 e. The molecule has 2 atom stereocenters. The van der Waals surface area contributed by atoms with Crippen LogP contribution >= 0.6 is 11.6 Å². The minimum Gasteiger partial charge on any atom is -0.452 e. The molecule has 7 heteroatoms. The zero-order valence-corrected chi connectivity index (χ0v) is 16.9. The number of benzene rings is 1. The Balaban J connectivity index is 1.52. The van der Waals surface area contributed by atoms with Gasteiger partial charge in [-0.15, -0.1) is 0 Å². The summed E-state index contributed by atoms with van der Waals surface area (Å²) in [5.74, 6) is -1.19. The lowest BCUT2D eigenvalue weighted by Crippen LogP contribution is -2.45. The summed E-state index contributed by atoms with van der Waals surface area (Å²) >= 11 is 5.88. The Hall–Kier alpha value is -2.08. The Kier molecular flexibility index (Phi) is 6.94. The van der Waals surface area contributed by atoms with Gasteiger partial charge in [-0.3, -0.25) is 14.4 Å². The summed E-state index contributed by atoms with van der Waals surface area (Å²) in [7, 11) is 0. The first-order valence-corrected chi connectivity index (χ1v) is 10.4. The van der Waals surface area contributed by atoms with Gasteiger partial charge in [-0.1, -0.05) is 24.4 Å². The molecular formula is C21H27ClN2O4. The molecule has 28 heavy (non-hydrogen) atoms. The number of nitrogens with zero attached hydrogens (tertiary/aromatic N) is 1. The van der Waals surface area contributed by atoms with Crippen molar-refractivity contribution >= 4 is 29.4 Å². The second-order valence-electron chi connectivity index (χ2n) is 7.67. The van der Waals surface area contributed by atoms with Gasteiger partial charge in [0, 0.05) is 29.7 Å². The van der Waals surface area contributed by atoms with E-state index in [1.54, 1.807) is 36.1 Å². The Morgan fingerprint density at radius 3 is 2.46 bits per heavy atom. The highest BCUT2D eigenvalue weighted by molar-refractivity contribution is 6.30. The number of piperidine rings is 1. The maximum atomic E-state index is 12.7. The summed E-state index contributed by atoms with van der Waals surface area (Å²) in [6.45, 7) is 2.50. The van der Waals surface area contributed by atoms with Crippen LogP contribution in [0.1, 0.15) is 55.8 Å². The first kappa shape index (κ1) is 20.6. The number of hydrogen-bond acceptors (Lipinski definition) is 4. The topological polar surface area (TPSA) is 75.7 Å². The van der Waals surface area contributed by atoms with E-state index >= 15 is 0 Å². The quantitative estimate of drug-likeness (QED) is 0.762. The highest BCUT2D eigenvalue weighted by Gasteiger charge is 2.32. The van der Waals surface area contributed by atoms with E-state index in [2.05, 4.69) is 5.32 Å². The molecule has 2 amide bonds. The van der Waals surface area contributed by atoms with Crippen LogP contribution < -0.4 is 5.32 Å². The number of likely N-dealkylation sites (tertiary alicyclic amines) is 1. The van der Waals surface area contributed by atoms with Crippen LogP contribution in [-0.4, -0.2) is 47.9 Å². The predicted molar refractivity (Wildman–Crippen MR) is 106 cm³/mol. The van der Waals surface area contributed by atoms with Crippen molar-refractivity contribution in [1.82, 2.24) is 10.2 Å². The van der Waals surface area contributed by atoms with Gasteiger partial charge in [0.25, 0.3) is 11.8 Å². The number of nitrogens with one attached hydrogen (secondary N) is 1. The summed E-state index contributed by atoms with van der Waals surface area (Å²) in [6, 6.07) is 6.91. The zero-order valence-electron chi connectivity index (χ0n) is 16.2. The van der Waals surface area contributed by atoms with Gasteiger partial charge in [-0.05, 0) is 56.9 Å². The molecule has 1 aliphatic carbocycles. The molecule has 0 radical (unpaired) electrons. The number of amides is 2. The lowest BCUT2D eigenvalue weighted by atomic mass is 9.97. The SMILES string of the molecule is C[C@@H](OC(=O)[C@@H]1CCCN(C(=O)c2ccc(Cl)cc2)C1)C(=O)NC1CCCC1. The van der Waals surface area contributed by atoms with Crippen LogP contribution in [-0.2, 0) is 14.3 Å². The van der Waals surface area contributed by atoms with E-state index in [1.165, 1.54) is 0 Å². The maximum absolute atomic E-state index is 12.7. The zero-order chi connectivity index (χ0) is 20.1. The minimum absolute atomic E-state index is 0.124. The van der Waals surface area contributed by atoms with E-state index in [0.717, 1.165) is 32.1 Å². The standard InChI is InChI=1S/C21H27ClN2O4/c1-14(19(25)23-18-6-2-3-7-18)28-21(27)16-5-4-12-24(13-16)20(26)15-8-10-17(22)11-9-15/h8-11,14,16,18H,2-7,12-13H2,1H3,(H,23,25)/t14-,16-/m1/s1. The third-order valence-electron chi connectivity index (χ3n) is 5.50. The second kappa shape index (κ2) is 9.41. The number of halogens is 1. The van der Waals surface area contributed by atoms with Crippen molar-refractivity contribution in [3.63, 3.8) is 0 Å². The summed E-state index contributed by atoms with van der Waals surface area (Å²) in [6.07, 6.45) is 4.77. The van der Waals surface area contributed by atoms with Gasteiger partial charge >= 0.3 is 5.97 Å². The number of carbonyl (C=O) groups excluding carboxylic acids is 3. The third-order valence-corrected chi connectivity index (χ3v) is 5.75. The van der Waals surface area contributed by atoms with Crippen LogP contribution in [0, 0.1) is 5.92 Å². The molecule has 1 heterocycles. The van der Waals surface area contributed by atoms with Crippen molar-refractivity contribution in [2.24, 2.45) is 5.92 Å².